The molecule has 0 radical (unpaired) electrons. The van der Waals surface area contributed by atoms with Crippen molar-refractivity contribution < 1.29 is 9.53 Å². The van der Waals surface area contributed by atoms with Crippen LogP contribution in [0, 0.1) is 23.7 Å². The molecule has 3 unspecified atom stereocenters. The number of rotatable bonds is 1. The Kier molecular flexibility index (Phi) is 3.30. The summed E-state index contributed by atoms with van der Waals surface area (Å²) >= 11 is 0. The smallest absolute Gasteiger partial charge is 0.303 e. The van der Waals surface area contributed by atoms with Gasteiger partial charge < -0.3 is 4.74 Å². The van der Waals surface area contributed by atoms with Gasteiger partial charge in [-0.15, -0.1) is 0 Å². The number of ether oxygens (including phenoxy) is 1. The molecule has 2 aliphatic rings. The Labute approximate surface area is 91.4 Å². The summed E-state index contributed by atoms with van der Waals surface area (Å²) in [7, 11) is 0. The predicted molar refractivity (Wildman–Crippen MR) is 58.0 cm³/mol. The van der Waals surface area contributed by atoms with E-state index in [-0.39, 0.29) is 12.1 Å². The second kappa shape index (κ2) is 4.70. The van der Waals surface area contributed by atoms with E-state index < -0.39 is 0 Å². The zero-order valence-corrected chi connectivity index (χ0v) is 9.29. The Morgan fingerprint density at radius 3 is 3.00 bits per heavy atom. The van der Waals surface area contributed by atoms with Crippen molar-refractivity contribution >= 4 is 5.97 Å². The van der Waals surface area contributed by atoms with Gasteiger partial charge in [0, 0.05) is 19.3 Å². The third kappa shape index (κ3) is 2.99. The summed E-state index contributed by atoms with van der Waals surface area (Å²) < 4.78 is 5.26. The normalized spacial score (nSPS) is 34.3. The van der Waals surface area contributed by atoms with Crippen LogP contribution in [0.2, 0.25) is 0 Å². The fourth-order valence-corrected chi connectivity index (χ4v) is 2.35. The average molecular weight is 206 g/mol. The summed E-state index contributed by atoms with van der Waals surface area (Å²) in [5, 5.41) is 0. The Morgan fingerprint density at radius 2 is 2.20 bits per heavy atom. The molecule has 2 nitrogen and oxygen atoms in total. The summed E-state index contributed by atoms with van der Waals surface area (Å²) in [5.41, 5.74) is 0. The van der Waals surface area contributed by atoms with Gasteiger partial charge in [0.1, 0.15) is 0 Å². The lowest BCUT2D eigenvalue weighted by Crippen LogP contribution is -2.17. The SMILES string of the molecule is CC(=O)OC1C#CCCCCCC2CC21. The van der Waals surface area contributed by atoms with E-state index in [4.69, 9.17) is 4.74 Å². The molecule has 2 heteroatoms. The highest BCUT2D eigenvalue weighted by Crippen LogP contribution is 2.46. The molecular formula is C13H18O2. The first-order valence-corrected chi connectivity index (χ1v) is 5.93. The van der Waals surface area contributed by atoms with E-state index in [0.29, 0.717) is 5.92 Å². The minimum absolute atomic E-state index is 0.120. The van der Waals surface area contributed by atoms with Gasteiger partial charge in [-0.3, -0.25) is 4.79 Å². The highest BCUT2D eigenvalue weighted by molar-refractivity contribution is 5.66. The fourth-order valence-electron chi connectivity index (χ4n) is 2.35. The first-order valence-electron chi connectivity index (χ1n) is 5.93. The van der Waals surface area contributed by atoms with Crippen molar-refractivity contribution in [3.8, 4) is 11.8 Å². The van der Waals surface area contributed by atoms with Gasteiger partial charge >= 0.3 is 5.97 Å². The number of carbonyl (C=O) groups excluding carboxylic acids is 1. The highest BCUT2D eigenvalue weighted by atomic mass is 16.5. The molecule has 1 saturated carbocycles. The minimum atomic E-state index is -0.197. The summed E-state index contributed by atoms with van der Waals surface area (Å²) in [6.07, 6.45) is 7.14. The van der Waals surface area contributed by atoms with E-state index in [0.717, 1.165) is 12.3 Å². The Hall–Kier alpha value is -0.970. The number of hydrogen-bond acceptors (Lipinski definition) is 2. The van der Waals surface area contributed by atoms with Crippen molar-refractivity contribution in [3.05, 3.63) is 0 Å². The molecule has 15 heavy (non-hydrogen) atoms. The van der Waals surface area contributed by atoms with E-state index in [1.807, 2.05) is 0 Å². The van der Waals surface area contributed by atoms with Crippen LogP contribution in [0.15, 0.2) is 0 Å². The first kappa shape index (κ1) is 10.5. The molecule has 0 bridgehead atoms. The Morgan fingerprint density at radius 1 is 1.33 bits per heavy atom. The maximum Gasteiger partial charge on any atom is 0.303 e. The van der Waals surface area contributed by atoms with Gasteiger partial charge in [0.2, 0.25) is 0 Å². The second-order valence-corrected chi connectivity index (χ2v) is 4.61. The highest BCUT2D eigenvalue weighted by Gasteiger charge is 2.43. The van der Waals surface area contributed by atoms with Crippen LogP contribution in [0.5, 0.6) is 0 Å². The van der Waals surface area contributed by atoms with E-state index >= 15 is 0 Å². The van der Waals surface area contributed by atoms with Crippen LogP contribution >= 0.6 is 0 Å². The second-order valence-electron chi connectivity index (χ2n) is 4.61. The van der Waals surface area contributed by atoms with Crippen molar-refractivity contribution in [1.82, 2.24) is 0 Å². The maximum absolute atomic E-state index is 10.9. The molecular weight excluding hydrogens is 188 g/mol. The number of hydrogen-bond donors (Lipinski definition) is 0. The summed E-state index contributed by atoms with van der Waals surface area (Å²) in [4.78, 5) is 10.9. The zero-order chi connectivity index (χ0) is 10.7. The molecule has 2 aliphatic carbocycles. The van der Waals surface area contributed by atoms with E-state index in [9.17, 15) is 4.79 Å². The van der Waals surface area contributed by atoms with Crippen LogP contribution in [-0.4, -0.2) is 12.1 Å². The Balaban J connectivity index is 1.98. The molecule has 3 atom stereocenters. The lowest BCUT2D eigenvalue weighted by Gasteiger charge is -2.11. The maximum atomic E-state index is 10.9. The van der Waals surface area contributed by atoms with Crippen molar-refractivity contribution in [2.75, 3.05) is 0 Å². The van der Waals surface area contributed by atoms with Gasteiger partial charge in [0.15, 0.2) is 6.10 Å². The van der Waals surface area contributed by atoms with Crippen molar-refractivity contribution in [2.24, 2.45) is 11.8 Å². The van der Waals surface area contributed by atoms with Crippen molar-refractivity contribution in [1.29, 1.82) is 0 Å². The lowest BCUT2D eigenvalue weighted by atomic mass is 10.0. The summed E-state index contributed by atoms with van der Waals surface area (Å²) in [6, 6.07) is 0. The van der Waals surface area contributed by atoms with Gasteiger partial charge in [-0.2, -0.15) is 0 Å². The Bertz CT molecular complexity index is 297. The standard InChI is InChI=1S/C13H18O2/c1-10(14)15-13-8-6-4-2-3-5-7-11-9-12(11)13/h11-13H,2-5,7,9H2,1H3. The molecule has 0 N–H and O–H groups in total. The van der Waals surface area contributed by atoms with Crippen LogP contribution in [0.4, 0.5) is 0 Å². The van der Waals surface area contributed by atoms with Crippen LogP contribution in [0.25, 0.3) is 0 Å². The van der Waals surface area contributed by atoms with Gasteiger partial charge in [-0.05, 0) is 25.2 Å². The lowest BCUT2D eigenvalue weighted by molar-refractivity contribution is -0.144. The number of carbonyl (C=O) groups is 1. The molecule has 0 aliphatic heterocycles. The molecule has 0 amide bonds. The van der Waals surface area contributed by atoms with Crippen molar-refractivity contribution in [2.45, 2.75) is 51.6 Å². The molecule has 1 fully saturated rings. The first-order chi connectivity index (χ1) is 7.27. The third-order valence-electron chi connectivity index (χ3n) is 3.28. The van der Waals surface area contributed by atoms with Crippen LogP contribution in [0.1, 0.15) is 45.4 Å². The molecule has 0 aromatic rings. The molecule has 82 valence electrons. The zero-order valence-electron chi connectivity index (χ0n) is 9.29. The molecule has 0 aromatic heterocycles. The van der Waals surface area contributed by atoms with E-state index in [1.54, 1.807) is 0 Å². The molecule has 0 heterocycles. The third-order valence-corrected chi connectivity index (χ3v) is 3.28. The van der Waals surface area contributed by atoms with Gasteiger partial charge in [0.05, 0.1) is 0 Å². The van der Waals surface area contributed by atoms with E-state index in [1.165, 1.54) is 39.0 Å². The quantitative estimate of drug-likeness (QED) is 0.487. The monoisotopic (exact) mass is 206 g/mol. The molecule has 0 aromatic carbocycles. The average Bonchev–Trinajstić information content (AvgIpc) is 2.94. The van der Waals surface area contributed by atoms with Crippen LogP contribution in [0.3, 0.4) is 0 Å². The minimum Gasteiger partial charge on any atom is -0.449 e. The summed E-state index contributed by atoms with van der Waals surface area (Å²) in [6.45, 7) is 1.47. The molecule has 2 rings (SSSR count). The molecule has 0 spiro atoms. The van der Waals surface area contributed by atoms with Crippen molar-refractivity contribution in [3.63, 3.8) is 0 Å². The van der Waals surface area contributed by atoms with Crippen LogP contribution < -0.4 is 0 Å². The summed E-state index contributed by atoms with van der Waals surface area (Å²) in [5.74, 6) is 7.36. The van der Waals surface area contributed by atoms with Crippen LogP contribution in [-0.2, 0) is 9.53 Å². The largest absolute Gasteiger partial charge is 0.449 e. The predicted octanol–water partition coefficient (Wildman–Crippen LogP) is 2.52. The molecule has 0 saturated heterocycles. The van der Waals surface area contributed by atoms with Gasteiger partial charge in [-0.25, -0.2) is 0 Å². The fraction of sp³-hybridized carbons (Fsp3) is 0.769. The van der Waals surface area contributed by atoms with E-state index in [2.05, 4.69) is 11.8 Å². The number of fused-ring (bicyclic) bond motifs is 1. The van der Waals surface area contributed by atoms with Gasteiger partial charge in [-0.1, -0.05) is 24.7 Å². The topological polar surface area (TPSA) is 26.3 Å². The van der Waals surface area contributed by atoms with Gasteiger partial charge in [0.25, 0.3) is 0 Å². The number of esters is 1.